The van der Waals surface area contributed by atoms with Gasteiger partial charge in [0.05, 0.1) is 6.42 Å². The molecule has 0 aliphatic heterocycles. The van der Waals surface area contributed by atoms with E-state index in [2.05, 4.69) is 6.92 Å². The summed E-state index contributed by atoms with van der Waals surface area (Å²) in [7, 11) is 0. The van der Waals surface area contributed by atoms with E-state index in [1.807, 2.05) is 0 Å². The van der Waals surface area contributed by atoms with E-state index in [4.69, 9.17) is 20.1 Å². The van der Waals surface area contributed by atoms with Crippen molar-refractivity contribution in [2.24, 2.45) is 0 Å². The van der Waals surface area contributed by atoms with Gasteiger partial charge < -0.3 is 20.1 Å². The fourth-order valence-electron chi connectivity index (χ4n) is 2.47. The van der Waals surface area contributed by atoms with Crippen molar-refractivity contribution in [3.05, 3.63) is 0 Å². The Kier molecular flexibility index (Phi) is 11.9. The second-order valence-corrected chi connectivity index (χ2v) is 6.04. The SMILES string of the molecule is CCCCCCCCCCCCOC(CC(=O)O)(C(=O)O)C(=O)O. The van der Waals surface area contributed by atoms with Gasteiger partial charge in [0.15, 0.2) is 0 Å². The van der Waals surface area contributed by atoms with Gasteiger partial charge in [-0.15, -0.1) is 0 Å². The largest absolute Gasteiger partial charge is 0.481 e. The molecule has 7 heteroatoms. The molecule has 0 atom stereocenters. The molecule has 0 unspecified atom stereocenters. The van der Waals surface area contributed by atoms with E-state index in [1.165, 1.54) is 32.1 Å². The summed E-state index contributed by atoms with van der Waals surface area (Å²) in [6, 6.07) is 0. The fourth-order valence-corrected chi connectivity index (χ4v) is 2.47. The minimum Gasteiger partial charge on any atom is -0.481 e. The van der Waals surface area contributed by atoms with Crippen LogP contribution in [0.25, 0.3) is 0 Å². The Labute approximate surface area is 143 Å². The Bertz CT molecular complexity index is 378. The van der Waals surface area contributed by atoms with Crippen molar-refractivity contribution < 1.29 is 34.4 Å². The molecule has 0 heterocycles. The maximum Gasteiger partial charge on any atom is 0.348 e. The van der Waals surface area contributed by atoms with Crippen molar-refractivity contribution in [3.63, 3.8) is 0 Å². The van der Waals surface area contributed by atoms with Crippen LogP contribution in [-0.2, 0) is 19.1 Å². The normalized spacial score (nSPS) is 11.4. The molecule has 0 amide bonds. The molecule has 7 nitrogen and oxygen atoms in total. The molecule has 0 radical (unpaired) electrons. The highest BCUT2D eigenvalue weighted by atomic mass is 16.6. The third-order valence-electron chi connectivity index (χ3n) is 3.94. The Morgan fingerprint density at radius 2 is 1.17 bits per heavy atom. The molecule has 0 aliphatic carbocycles. The highest BCUT2D eigenvalue weighted by Crippen LogP contribution is 2.19. The smallest absolute Gasteiger partial charge is 0.348 e. The Morgan fingerprint density at radius 3 is 1.54 bits per heavy atom. The van der Waals surface area contributed by atoms with Crippen LogP contribution in [0.2, 0.25) is 0 Å². The fraction of sp³-hybridized carbons (Fsp3) is 0.824. The number of carboxylic acid groups (broad SMARTS) is 3. The van der Waals surface area contributed by atoms with Gasteiger partial charge in [-0.05, 0) is 6.42 Å². The van der Waals surface area contributed by atoms with E-state index in [-0.39, 0.29) is 6.61 Å². The maximum atomic E-state index is 11.1. The molecule has 0 rings (SSSR count). The second-order valence-electron chi connectivity index (χ2n) is 6.04. The van der Waals surface area contributed by atoms with Gasteiger partial charge in [-0.25, -0.2) is 9.59 Å². The molecule has 0 aliphatic rings. The standard InChI is InChI=1S/C17H30O7/c1-2-3-4-5-6-7-8-9-10-11-12-24-17(15(20)21,16(22)23)13-14(18)19/h2-13H2,1H3,(H,18,19)(H,20,21)(H,22,23). The minimum absolute atomic E-state index is 0.0810. The van der Waals surface area contributed by atoms with E-state index in [1.54, 1.807) is 0 Å². The highest BCUT2D eigenvalue weighted by Gasteiger charge is 2.50. The van der Waals surface area contributed by atoms with E-state index in [9.17, 15) is 14.4 Å². The zero-order valence-electron chi connectivity index (χ0n) is 14.5. The van der Waals surface area contributed by atoms with Crippen molar-refractivity contribution in [2.75, 3.05) is 6.61 Å². The van der Waals surface area contributed by atoms with Gasteiger partial charge >= 0.3 is 17.9 Å². The van der Waals surface area contributed by atoms with E-state index < -0.39 is 29.9 Å². The lowest BCUT2D eigenvalue weighted by molar-refractivity contribution is -0.188. The van der Waals surface area contributed by atoms with Crippen molar-refractivity contribution in [3.8, 4) is 0 Å². The topological polar surface area (TPSA) is 121 Å². The van der Waals surface area contributed by atoms with Gasteiger partial charge in [0.2, 0.25) is 0 Å². The van der Waals surface area contributed by atoms with E-state index in [0.717, 1.165) is 25.7 Å². The second kappa shape index (κ2) is 12.8. The minimum atomic E-state index is -2.70. The predicted molar refractivity (Wildman–Crippen MR) is 88.1 cm³/mol. The summed E-state index contributed by atoms with van der Waals surface area (Å²) < 4.78 is 4.96. The summed E-state index contributed by atoms with van der Waals surface area (Å²) in [4.78, 5) is 33.0. The van der Waals surface area contributed by atoms with Crippen LogP contribution in [0.15, 0.2) is 0 Å². The molecular weight excluding hydrogens is 316 g/mol. The number of unbranched alkanes of at least 4 members (excludes halogenated alkanes) is 9. The molecule has 0 spiro atoms. The summed E-state index contributed by atoms with van der Waals surface area (Å²) in [5, 5.41) is 26.8. The molecule has 0 fully saturated rings. The van der Waals surface area contributed by atoms with Crippen LogP contribution in [0.4, 0.5) is 0 Å². The Morgan fingerprint density at radius 1 is 0.750 bits per heavy atom. The van der Waals surface area contributed by atoms with Gasteiger partial charge in [-0.3, -0.25) is 4.79 Å². The highest BCUT2D eigenvalue weighted by molar-refractivity contribution is 6.04. The zero-order chi connectivity index (χ0) is 18.4. The molecule has 0 saturated carbocycles. The Hall–Kier alpha value is -1.63. The van der Waals surface area contributed by atoms with Crippen LogP contribution in [0.3, 0.4) is 0 Å². The third-order valence-corrected chi connectivity index (χ3v) is 3.94. The van der Waals surface area contributed by atoms with Crippen molar-refractivity contribution in [2.45, 2.75) is 83.2 Å². The molecule has 0 aromatic carbocycles. The molecule has 140 valence electrons. The first kappa shape index (κ1) is 22.4. The number of ether oxygens (including phenoxy) is 1. The number of carbonyl (C=O) groups is 3. The molecule has 0 bridgehead atoms. The van der Waals surface area contributed by atoms with Crippen molar-refractivity contribution in [1.82, 2.24) is 0 Å². The molecule has 0 aromatic rings. The van der Waals surface area contributed by atoms with Crippen LogP contribution in [0.1, 0.15) is 77.6 Å². The van der Waals surface area contributed by atoms with E-state index in [0.29, 0.717) is 6.42 Å². The summed E-state index contributed by atoms with van der Waals surface area (Å²) in [6.07, 6.45) is 9.71. The van der Waals surface area contributed by atoms with Crippen LogP contribution < -0.4 is 0 Å². The number of carboxylic acids is 3. The van der Waals surface area contributed by atoms with Gasteiger partial charge in [0.25, 0.3) is 5.60 Å². The number of rotatable bonds is 16. The van der Waals surface area contributed by atoms with Crippen LogP contribution in [0, 0.1) is 0 Å². The lowest BCUT2D eigenvalue weighted by atomic mass is 10.00. The van der Waals surface area contributed by atoms with Crippen LogP contribution >= 0.6 is 0 Å². The van der Waals surface area contributed by atoms with Crippen LogP contribution in [0.5, 0.6) is 0 Å². The molecular formula is C17H30O7. The molecule has 0 aromatic heterocycles. The lowest BCUT2D eigenvalue weighted by Crippen LogP contribution is -2.51. The molecule has 24 heavy (non-hydrogen) atoms. The lowest BCUT2D eigenvalue weighted by Gasteiger charge is -2.23. The number of hydrogen-bond donors (Lipinski definition) is 3. The van der Waals surface area contributed by atoms with Crippen molar-refractivity contribution in [1.29, 1.82) is 0 Å². The number of aliphatic carboxylic acids is 3. The third kappa shape index (κ3) is 8.86. The van der Waals surface area contributed by atoms with E-state index >= 15 is 0 Å². The average molecular weight is 346 g/mol. The van der Waals surface area contributed by atoms with Gasteiger partial charge in [0, 0.05) is 6.61 Å². The number of hydrogen-bond acceptors (Lipinski definition) is 4. The van der Waals surface area contributed by atoms with Gasteiger partial charge in [0.1, 0.15) is 0 Å². The van der Waals surface area contributed by atoms with Crippen molar-refractivity contribution >= 4 is 17.9 Å². The maximum absolute atomic E-state index is 11.1. The Balaban J connectivity index is 3.95. The average Bonchev–Trinajstić information content (AvgIpc) is 2.50. The van der Waals surface area contributed by atoms with Gasteiger partial charge in [-0.2, -0.15) is 0 Å². The summed E-state index contributed by atoms with van der Waals surface area (Å²) >= 11 is 0. The zero-order valence-corrected chi connectivity index (χ0v) is 14.5. The summed E-state index contributed by atoms with van der Waals surface area (Å²) in [6.45, 7) is 2.10. The first-order valence-corrected chi connectivity index (χ1v) is 8.69. The summed E-state index contributed by atoms with van der Waals surface area (Å²) in [5.74, 6) is -5.10. The summed E-state index contributed by atoms with van der Waals surface area (Å²) in [5.41, 5.74) is -2.70. The monoisotopic (exact) mass is 346 g/mol. The molecule has 0 saturated heterocycles. The first-order chi connectivity index (χ1) is 11.4. The van der Waals surface area contributed by atoms with Crippen LogP contribution in [-0.4, -0.2) is 45.4 Å². The molecule has 3 N–H and O–H groups in total. The first-order valence-electron chi connectivity index (χ1n) is 8.69. The predicted octanol–water partition coefficient (Wildman–Crippen LogP) is 3.31. The quantitative estimate of drug-likeness (QED) is 0.289. The van der Waals surface area contributed by atoms with Gasteiger partial charge in [-0.1, -0.05) is 64.7 Å².